The number of carbonyl (C=O) groups excluding carboxylic acids is 1. The maximum Gasteiger partial charge on any atom is 0.261 e. The summed E-state index contributed by atoms with van der Waals surface area (Å²) in [5, 5.41) is 11.3. The Hall–Kier alpha value is -3.43. The highest BCUT2D eigenvalue weighted by Crippen LogP contribution is 2.38. The van der Waals surface area contributed by atoms with Crippen LogP contribution in [0.4, 0.5) is 5.82 Å². The lowest BCUT2D eigenvalue weighted by molar-refractivity contribution is -0.143. The third kappa shape index (κ3) is 2.90. The van der Waals surface area contributed by atoms with E-state index in [-0.39, 0.29) is 5.91 Å². The monoisotopic (exact) mass is 418 g/mol. The van der Waals surface area contributed by atoms with Gasteiger partial charge in [-0.05, 0) is 23.8 Å². The van der Waals surface area contributed by atoms with Crippen LogP contribution in [-0.4, -0.2) is 49.4 Å². The molecule has 1 aliphatic rings. The highest BCUT2D eigenvalue weighted by Gasteiger charge is 2.47. The van der Waals surface area contributed by atoms with Gasteiger partial charge in [-0.2, -0.15) is 0 Å². The van der Waals surface area contributed by atoms with E-state index in [1.54, 1.807) is 13.2 Å². The smallest absolute Gasteiger partial charge is 0.261 e. The summed E-state index contributed by atoms with van der Waals surface area (Å²) < 4.78 is 0. The molecule has 150 valence electrons. The molecule has 0 saturated carbocycles. The molecule has 4 aromatic rings. The van der Waals surface area contributed by atoms with Gasteiger partial charge in [-0.25, -0.2) is 19.9 Å². The van der Waals surface area contributed by atoms with Crippen molar-refractivity contribution in [3.63, 3.8) is 0 Å². The Morgan fingerprint density at radius 2 is 2.00 bits per heavy atom. The Kier molecular flexibility index (Phi) is 4.23. The Labute approximate surface area is 176 Å². The molecule has 1 amide bonds. The molecule has 0 bridgehead atoms. The van der Waals surface area contributed by atoms with Crippen molar-refractivity contribution in [3.05, 3.63) is 53.9 Å². The van der Waals surface area contributed by atoms with Gasteiger partial charge in [0.15, 0.2) is 11.4 Å². The summed E-state index contributed by atoms with van der Waals surface area (Å²) in [6.07, 6.45) is 3.46. The predicted octanol–water partition coefficient (Wildman–Crippen LogP) is 2.45. The summed E-state index contributed by atoms with van der Waals surface area (Å²) in [5.74, 6) is 0.0295. The number of hydrogen-bond donors (Lipinski definition) is 2. The first-order valence-electron chi connectivity index (χ1n) is 9.38. The van der Waals surface area contributed by atoms with Crippen LogP contribution >= 0.6 is 11.3 Å². The van der Waals surface area contributed by atoms with Crippen molar-refractivity contribution in [1.82, 2.24) is 24.8 Å². The van der Waals surface area contributed by atoms with Gasteiger partial charge in [0.25, 0.3) is 5.91 Å². The van der Waals surface area contributed by atoms with Crippen molar-refractivity contribution in [1.29, 1.82) is 0 Å². The van der Waals surface area contributed by atoms with Crippen LogP contribution < -0.4 is 5.73 Å². The number of nitrogen functional groups attached to an aromatic ring is 1. The van der Waals surface area contributed by atoms with E-state index in [9.17, 15) is 9.90 Å². The van der Waals surface area contributed by atoms with Crippen molar-refractivity contribution >= 4 is 34.1 Å². The van der Waals surface area contributed by atoms with Crippen molar-refractivity contribution in [2.75, 3.05) is 19.3 Å². The number of nitrogens with zero attached hydrogens (tertiary/aromatic N) is 5. The molecule has 1 aliphatic heterocycles. The molecular weight excluding hydrogens is 400 g/mol. The minimum Gasteiger partial charge on any atom is -0.382 e. The average molecular weight is 418 g/mol. The van der Waals surface area contributed by atoms with Crippen LogP contribution in [0.3, 0.4) is 0 Å². The van der Waals surface area contributed by atoms with E-state index in [1.165, 1.54) is 22.6 Å². The zero-order chi connectivity index (χ0) is 20.9. The molecule has 3 N–H and O–H groups in total. The minimum absolute atomic E-state index is 0.308. The van der Waals surface area contributed by atoms with E-state index in [0.717, 1.165) is 21.7 Å². The van der Waals surface area contributed by atoms with Crippen molar-refractivity contribution in [2.24, 2.45) is 0 Å². The number of anilines is 1. The molecule has 9 heteroatoms. The minimum atomic E-state index is -1.54. The van der Waals surface area contributed by atoms with E-state index < -0.39 is 5.60 Å². The Morgan fingerprint density at radius 3 is 2.80 bits per heavy atom. The normalized spacial score (nSPS) is 19.0. The van der Waals surface area contributed by atoms with Gasteiger partial charge in [0.1, 0.15) is 16.9 Å². The number of benzene rings is 1. The van der Waals surface area contributed by atoms with Crippen LogP contribution in [0.1, 0.15) is 11.4 Å². The second-order valence-corrected chi connectivity index (χ2v) is 8.30. The quantitative estimate of drug-likeness (QED) is 0.525. The van der Waals surface area contributed by atoms with Gasteiger partial charge in [0.05, 0.1) is 16.1 Å². The number of carbonyl (C=O) groups is 1. The highest BCUT2D eigenvalue weighted by atomic mass is 32.1. The lowest BCUT2D eigenvalue weighted by Crippen LogP contribution is -2.35. The zero-order valence-electron chi connectivity index (χ0n) is 16.1. The number of aromatic nitrogens is 4. The second-order valence-electron chi connectivity index (χ2n) is 7.27. The first-order valence-corrected chi connectivity index (χ1v) is 10.2. The Morgan fingerprint density at radius 1 is 1.17 bits per heavy atom. The topological polar surface area (TPSA) is 118 Å². The van der Waals surface area contributed by atoms with Crippen molar-refractivity contribution in [3.8, 4) is 21.7 Å². The third-order valence-corrected chi connectivity index (χ3v) is 6.52. The molecular formula is C21H18N6O2S. The fourth-order valence-electron chi connectivity index (χ4n) is 3.60. The van der Waals surface area contributed by atoms with Gasteiger partial charge < -0.3 is 15.7 Å². The molecule has 0 unspecified atom stereocenters. The molecule has 30 heavy (non-hydrogen) atoms. The number of rotatable bonds is 3. The summed E-state index contributed by atoms with van der Waals surface area (Å²) in [4.78, 5) is 31.9. The van der Waals surface area contributed by atoms with E-state index in [4.69, 9.17) is 5.73 Å². The van der Waals surface area contributed by atoms with Crippen LogP contribution in [0, 0.1) is 0 Å². The van der Waals surface area contributed by atoms with E-state index >= 15 is 0 Å². The van der Waals surface area contributed by atoms with Crippen LogP contribution in [-0.2, 0) is 10.4 Å². The first-order chi connectivity index (χ1) is 14.5. The molecule has 3 aromatic heterocycles. The number of pyridine rings is 1. The maximum atomic E-state index is 12.4. The number of hydrogen-bond acceptors (Lipinski definition) is 8. The van der Waals surface area contributed by atoms with E-state index in [2.05, 4.69) is 19.9 Å². The van der Waals surface area contributed by atoms with Gasteiger partial charge in [-0.1, -0.05) is 18.2 Å². The van der Waals surface area contributed by atoms with Crippen LogP contribution in [0.25, 0.3) is 32.7 Å². The lowest BCUT2D eigenvalue weighted by atomic mass is 10.0. The standard InChI is InChI=1S/C21H18N6O2S/c1-27-8-7-21(29,20(27)28)19-23-10-16(30-19)13-4-2-3-12(9-13)14-5-6-15-17(26-14)18(22)25-11-24-15/h2-6,9-11,29H,7-8H2,1H3,(H2,22,24,25)/t21-/m0/s1. The zero-order valence-corrected chi connectivity index (χ0v) is 16.9. The fourth-order valence-corrected chi connectivity index (χ4v) is 4.62. The number of likely N-dealkylation sites (N-methyl/N-ethyl adjacent to an activating group) is 1. The number of aliphatic hydroxyl groups is 1. The molecule has 0 spiro atoms. The van der Waals surface area contributed by atoms with Crippen LogP contribution in [0.5, 0.6) is 0 Å². The van der Waals surface area contributed by atoms with Gasteiger partial charge >= 0.3 is 0 Å². The molecule has 1 aromatic carbocycles. The first kappa shape index (κ1) is 18.6. The number of nitrogens with two attached hydrogens (primary N) is 1. The second kappa shape index (κ2) is 6.82. The average Bonchev–Trinajstić information content (AvgIpc) is 3.37. The summed E-state index contributed by atoms with van der Waals surface area (Å²) in [6, 6.07) is 11.6. The molecule has 1 fully saturated rings. The number of fused-ring (bicyclic) bond motifs is 1. The Bertz CT molecular complexity index is 1290. The number of amides is 1. The third-order valence-electron chi connectivity index (χ3n) is 5.32. The lowest BCUT2D eigenvalue weighted by Gasteiger charge is -2.17. The van der Waals surface area contributed by atoms with Gasteiger partial charge in [-0.3, -0.25) is 4.79 Å². The maximum absolute atomic E-state index is 12.4. The molecule has 1 atom stereocenters. The SMILES string of the molecule is CN1CC[C@](O)(c2ncc(-c3cccc(-c4ccc5ncnc(N)c5n4)c3)s2)C1=O. The summed E-state index contributed by atoms with van der Waals surface area (Å²) in [5.41, 5.74) is 8.25. The molecule has 0 aliphatic carbocycles. The van der Waals surface area contributed by atoms with Crippen molar-refractivity contribution in [2.45, 2.75) is 12.0 Å². The molecule has 8 nitrogen and oxygen atoms in total. The molecule has 5 rings (SSSR count). The van der Waals surface area contributed by atoms with Crippen LogP contribution in [0.2, 0.25) is 0 Å². The molecule has 4 heterocycles. The summed E-state index contributed by atoms with van der Waals surface area (Å²) >= 11 is 1.33. The number of likely N-dealkylation sites (tertiary alicyclic amines) is 1. The number of thiazole rings is 1. The predicted molar refractivity (Wildman–Crippen MR) is 114 cm³/mol. The van der Waals surface area contributed by atoms with Gasteiger partial charge in [-0.15, -0.1) is 11.3 Å². The largest absolute Gasteiger partial charge is 0.382 e. The molecule has 0 radical (unpaired) electrons. The Balaban J connectivity index is 1.51. The van der Waals surface area contributed by atoms with E-state index in [1.807, 2.05) is 36.4 Å². The van der Waals surface area contributed by atoms with Gasteiger partial charge in [0.2, 0.25) is 0 Å². The van der Waals surface area contributed by atoms with Gasteiger partial charge in [0, 0.05) is 31.8 Å². The van der Waals surface area contributed by atoms with E-state index in [0.29, 0.717) is 34.8 Å². The van der Waals surface area contributed by atoms with Crippen molar-refractivity contribution < 1.29 is 9.90 Å². The highest BCUT2D eigenvalue weighted by molar-refractivity contribution is 7.15. The molecule has 1 saturated heterocycles. The fraction of sp³-hybridized carbons (Fsp3) is 0.190. The summed E-state index contributed by atoms with van der Waals surface area (Å²) in [7, 11) is 1.69. The summed E-state index contributed by atoms with van der Waals surface area (Å²) in [6.45, 7) is 0.514. The van der Waals surface area contributed by atoms with Crippen LogP contribution in [0.15, 0.2) is 48.9 Å².